The number of hydrogen-bond acceptors (Lipinski definition) is 3. The summed E-state index contributed by atoms with van der Waals surface area (Å²) in [6, 6.07) is 18.5. The number of rotatable bonds is 6. The Morgan fingerprint density at radius 3 is 2.43 bits per heavy atom. The Morgan fingerprint density at radius 2 is 1.77 bits per heavy atom. The van der Waals surface area contributed by atoms with Gasteiger partial charge in [0.15, 0.2) is 5.60 Å². The predicted octanol–water partition coefficient (Wildman–Crippen LogP) is 3.62. The van der Waals surface area contributed by atoms with Crippen LogP contribution in [-0.4, -0.2) is 35.0 Å². The summed E-state index contributed by atoms with van der Waals surface area (Å²) >= 11 is 0. The van der Waals surface area contributed by atoms with E-state index >= 15 is 0 Å². The highest BCUT2D eigenvalue weighted by Gasteiger charge is 2.58. The van der Waals surface area contributed by atoms with E-state index in [0.29, 0.717) is 11.8 Å². The minimum atomic E-state index is -1.41. The largest absolute Gasteiger partial charge is 0.375 e. The molecule has 1 aliphatic heterocycles. The fourth-order valence-electron chi connectivity index (χ4n) is 5.88. The van der Waals surface area contributed by atoms with E-state index in [4.69, 9.17) is 0 Å². The van der Waals surface area contributed by atoms with E-state index in [1.54, 1.807) is 0 Å². The molecule has 3 fully saturated rings. The normalized spacial score (nSPS) is 28.1. The number of aryl methyl sites for hydroxylation is 1. The smallest absolute Gasteiger partial charge is 0.257 e. The maximum atomic E-state index is 13.4. The fourth-order valence-corrected chi connectivity index (χ4v) is 5.88. The molecule has 30 heavy (non-hydrogen) atoms. The lowest BCUT2D eigenvalue weighted by Crippen LogP contribution is -2.50. The molecule has 2 N–H and O–H groups in total. The highest BCUT2D eigenvalue weighted by atomic mass is 16.3. The Kier molecular flexibility index (Phi) is 5.16. The van der Waals surface area contributed by atoms with Crippen LogP contribution < -0.4 is 5.32 Å². The lowest BCUT2D eigenvalue weighted by atomic mass is 9.79. The number of benzene rings is 2. The van der Waals surface area contributed by atoms with Crippen molar-refractivity contribution in [2.75, 3.05) is 13.1 Å². The van der Waals surface area contributed by atoms with Crippen molar-refractivity contribution in [1.29, 1.82) is 0 Å². The third kappa shape index (κ3) is 3.57. The van der Waals surface area contributed by atoms with E-state index in [1.165, 1.54) is 11.1 Å². The van der Waals surface area contributed by atoms with Crippen LogP contribution in [-0.2, 0) is 16.9 Å². The van der Waals surface area contributed by atoms with Crippen LogP contribution in [0.4, 0.5) is 0 Å². The first-order chi connectivity index (χ1) is 14.6. The van der Waals surface area contributed by atoms with Crippen LogP contribution in [0.3, 0.4) is 0 Å². The zero-order valence-electron chi connectivity index (χ0n) is 17.8. The van der Waals surface area contributed by atoms with E-state index < -0.39 is 5.60 Å². The molecule has 1 saturated heterocycles. The van der Waals surface area contributed by atoms with Crippen molar-refractivity contribution in [2.24, 2.45) is 17.8 Å². The maximum absolute atomic E-state index is 13.4. The van der Waals surface area contributed by atoms with Gasteiger partial charge in [-0.05, 0) is 42.7 Å². The van der Waals surface area contributed by atoms with Crippen molar-refractivity contribution in [3.63, 3.8) is 0 Å². The van der Waals surface area contributed by atoms with Crippen molar-refractivity contribution in [2.45, 2.75) is 50.8 Å². The quantitative estimate of drug-likeness (QED) is 0.773. The highest BCUT2D eigenvalue weighted by molar-refractivity contribution is 5.87. The maximum Gasteiger partial charge on any atom is 0.257 e. The van der Waals surface area contributed by atoms with Crippen LogP contribution in [0.2, 0.25) is 0 Å². The van der Waals surface area contributed by atoms with Crippen LogP contribution in [0.25, 0.3) is 0 Å². The van der Waals surface area contributed by atoms with Crippen LogP contribution in [0.15, 0.2) is 54.6 Å². The second-order valence-electron chi connectivity index (χ2n) is 9.62. The average molecular weight is 405 g/mol. The molecular formula is C26H32N2O2. The first-order valence-corrected chi connectivity index (χ1v) is 11.4. The van der Waals surface area contributed by atoms with Crippen molar-refractivity contribution in [3.05, 3.63) is 71.3 Å². The van der Waals surface area contributed by atoms with E-state index in [2.05, 4.69) is 41.4 Å². The molecule has 0 aromatic heterocycles. The summed E-state index contributed by atoms with van der Waals surface area (Å²) in [4.78, 5) is 15.9. The number of hydrogen-bond donors (Lipinski definition) is 2. The fraction of sp³-hybridized carbons (Fsp3) is 0.500. The molecule has 0 bridgehead atoms. The Balaban J connectivity index is 1.23. The van der Waals surface area contributed by atoms with E-state index in [1.807, 2.05) is 30.3 Å². The topological polar surface area (TPSA) is 52.6 Å². The van der Waals surface area contributed by atoms with Gasteiger partial charge in [-0.15, -0.1) is 0 Å². The summed E-state index contributed by atoms with van der Waals surface area (Å²) in [6.45, 7) is 5.16. The zero-order chi connectivity index (χ0) is 20.7. The Bertz CT molecular complexity index is 896. The van der Waals surface area contributed by atoms with Crippen molar-refractivity contribution in [1.82, 2.24) is 10.2 Å². The van der Waals surface area contributed by atoms with Gasteiger partial charge in [0, 0.05) is 31.6 Å². The molecule has 1 heterocycles. The molecule has 3 unspecified atom stereocenters. The second-order valence-corrected chi connectivity index (χ2v) is 9.62. The van der Waals surface area contributed by atoms with E-state index in [9.17, 15) is 9.90 Å². The molecule has 2 saturated carbocycles. The SMILES string of the molecule is Cc1cccc(CN2CC3C(NC(=O)C(O)(c4ccccc4)C4CCCC4)[C@H]3C2)c1. The van der Waals surface area contributed by atoms with Gasteiger partial charge in [-0.25, -0.2) is 0 Å². The molecule has 2 aromatic rings. The minimum absolute atomic E-state index is 0.0105. The monoisotopic (exact) mass is 404 g/mol. The number of likely N-dealkylation sites (tertiary alicyclic amines) is 1. The second kappa shape index (κ2) is 7.82. The Hall–Kier alpha value is -2.17. The first kappa shape index (κ1) is 19.8. The van der Waals surface area contributed by atoms with E-state index in [-0.39, 0.29) is 17.9 Å². The van der Waals surface area contributed by atoms with Gasteiger partial charge in [-0.3, -0.25) is 9.69 Å². The van der Waals surface area contributed by atoms with Crippen LogP contribution in [0, 0.1) is 24.7 Å². The Labute approximate surface area is 179 Å². The third-order valence-corrected chi connectivity index (χ3v) is 7.56. The molecule has 2 aliphatic carbocycles. The molecule has 2 aromatic carbocycles. The third-order valence-electron chi connectivity index (χ3n) is 7.56. The summed E-state index contributed by atoms with van der Waals surface area (Å²) in [5.74, 6) is 0.853. The van der Waals surface area contributed by atoms with Crippen LogP contribution >= 0.6 is 0 Å². The van der Waals surface area contributed by atoms with Gasteiger partial charge in [0.05, 0.1) is 0 Å². The molecule has 0 spiro atoms. The summed E-state index contributed by atoms with van der Waals surface area (Å²) in [6.07, 6.45) is 4.02. The average Bonchev–Trinajstić information content (AvgIpc) is 3.17. The van der Waals surface area contributed by atoms with Gasteiger partial charge in [-0.1, -0.05) is 73.0 Å². The van der Waals surface area contributed by atoms with Crippen molar-refractivity contribution >= 4 is 5.91 Å². The number of piperidine rings is 1. The summed E-state index contributed by atoms with van der Waals surface area (Å²) < 4.78 is 0. The number of amides is 1. The van der Waals surface area contributed by atoms with Crippen molar-refractivity contribution in [3.8, 4) is 0 Å². The van der Waals surface area contributed by atoms with E-state index in [0.717, 1.165) is 50.9 Å². The van der Waals surface area contributed by atoms with Crippen molar-refractivity contribution < 1.29 is 9.90 Å². The van der Waals surface area contributed by atoms with Gasteiger partial charge in [0.25, 0.3) is 5.91 Å². The molecule has 3 aliphatic rings. The molecule has 4 atom stereocenters. The minimum Gasteiger partial charge on any atom is -0.375 e. The number of fused-ring (bicyclic) bond motifs is 1. The molecule has 4 nitrogen and oxygen atoms in total. The standard InChI is InChI=1S/C26H32N2O2/c1-18-8-7-9-19(14-18)15-28-16-22-23(17-28)24(22)27-25(29)26(30,21-12-5-6-13-21)20-10-3-2-4-11-20/h2-4,7-11,14,21-24,30H,5-6,12-13,15-17H2,1H3,(H,27,29)/t22-,23?,24?,26?/m0/s1. The van der Waals surface area contributed by atoms with Gasteiger partial charge >= 0.3 is 0 Å². The molecule has 5 rings (SSSR count). The summed E-state index contributed by atoms with van der Waals surface area (Å²) in [5.41, 5.74) is 1.99. The predicted molar refractivity (Wildman–Crippen MR) is 118 cm³/mol. The summed E-state index contributed by atoms with van der Waals surface area (Å²) in [5, 5.41) is 14.9. The first-order valence-electron chi connectivity index (χ1n) is 11.4. The number of aliphatic hydroxyl groups is 1. The zero-order valence-corrected chi connectivity index (χ0v) is 17.8. The molecule has 0 radical (unpaired) electrons. The number of nitrogens with one attached hydrogen (secondary N) is 1. The van der Waals surface area contributed by atoms with Crippen LogP contribution in [0.1, 0.15) is 42.4 Å². The Morgan fingerprint density at radius 1 is 1.07 bits per heavy atom. The molecule has 1 amide bonds. The number of carbonyl (C=O) groups excluding carboxylic acids is 1. The highest BCUT2D eigenvalue weighted by Crippen LogP contribution is 2.47. The molecule has 4 heteroatoms. The number of nitrogens with zero attached hydrogens (tertiary/aromatic N) is 1. The molecular weight excluding hydrogens is 372 g/mol. The van der Waals surface area contributed by atoms with Gasteiger partial charge in [-0.2, -0.15) is 0 Å². The number of carbonyl (C=O) groups is 1. The van der Waals surface area contributed by atoms with Crippen LogP contribution in [0.5, 0.6) is 0 Å². The van der Waals surface area contributed by atoms with Gasteiger partial charge in [0.1, 0.15) is 0 Å². The van der Waals surface area contributed by atoms with Gasteiger partial charge < -0.3 is 10.4 Å². The summed E-state index contributed by atoms with van der Waals surface area (Å²) in [7, 11) is 0. The lowest BCUT2D eigenvalue weighted by molar-refractivity contribution is -0.147. The van der Waals surface area contributed by atoms with Gasteiger partial charge in [0.2, 0.25) is 0 Å². The molecule has 158 valence electrons. The lowest BCUT2D eigenvalue weighted by Gasteiger charge is -2.33.